The van der Waals surface area contributed by atoms with Gasteiger partial charge in [0, 0.05) is 43.2 Å². The minimum Gasteiger partial charge on any atom is -0.475 e. The predicted molar refractivity (Wildman–Crippen MR) is 131 cm³/mol. The van der Waals surface area contributed by atoms with Crippen molar-refractivity contribution < 1.29 is 27.9 Å². The first kappa shape index (κ1) is 27.5. The third-order valence-electron chi connectivity index (χ3n) is 8.88. The molecule has 5 nitrogen and oxygen atoms in total. The van der Waals surface area contributed by atoms with Crippen LogP contribution in [-0.2, 0) is 16.0 Å². The van der Waals surface area contributed by atoms with Gasteiger partial charge in [0.15, 0.2) is 0 Å². The summed E-state index contributed by atoms with van der Waals surface area (Å²) >= 11 is 0. The summed E-state index contributed by atoms with van der Waals surface area (Å²) < 4.78 is 31.7. The second-order valence-corrected chi connectivity index (χ2v) is 11.6. The minimum absolute atomic E-state index is 0.134. The Labute approximate surface area is 206 Å². The molecule has 2 saturated heterocycles. The van der Waals surface area contributed by atoms with Crippen molar-refractivity contribution in [2.75, 3.05) is 24.5 Å². The number of nitrogens with zero attached hydrogens (tertiary/aromatic N) is 2. The van der Waals surface area contributed by atoms with Crippen molar-refractivity contribution in [2.24, 2.45) is 16.7 Å². The highest BCUT2D eigenvalue weighted by Crippen LogP contribution is 2.68. The molecule has 8 heteroatoms. The number of aryl methyl sites for hydroxylation is 1. The standard InChI is InChI=1S/C25H38N2O.C2HF3O2/c1-17-14-20(26-13-11-21(16-26)27-12-7-8-18(27)2)10-9-19(17)15-22(28)23-24(3,4)25(23,5)6;3-2(4,5)1(6)7/h9-10,14,18,21,23H,7-8,11-13,15-16H2,1-6H3;(H,6,7)/t18-,21-;/m0./s1. The van der Waals surface area contributed by atoms with Crippen molar-refractivity contribution in [3.8, 4) is 0 Å². The average Bonchev–Trinajstić information content (AvgIpc) is 3.20. The number of halogens is 3. The molecular weight excluding hydrogens is 457 g/mol. The number of benzene rings is 1. The molecule has 2 heterocycles. The van der Waals surface area contributed by atoms with E-state index in [0.29, 0.717) is 18.2 Å². The molecule has 2 aliphatic heterocycles. The molecule has 2 atom stereocenters. The smallest absolute Gasteiger partial charge is 0.475 e. The third-order valence-corrected chi connectivity index (χ3v) is 8.88. The predicted octanol–water partition coefficient (Wildman–Crippen LogP) is 5.49. The van der Waals surface area contributed by atoms with Crippen LogP contribution in [0.1, 0.15) is 65.0 Å². The van der Waals surface area contributed by atoms with Gasteiger partial charge < -0.3 is 10.0 Å². The average molecular weight is 497 g/mol. The number of hydrogen-bond acceptors (Lipinski definition) is 4. The van der Waals surface area contributed by atoms with Crippen molar-refractivity contribution in [3.05, 3.63) is 29.3 Å². The molecule has 3 aliphatic rings. The molecule has 0 radical (unpaired) electrons. The summed E-state index contributed by atoms with van der Waals surface area (Å²) in [5.41, 5.74) is 4.07. The van der Waals surface area contributed by atoms with Crippen molar-refractivity contribution >= 4 is 17.4 Å². The van der Waals surface area contributed by atoms with Crippen molar-refractivity contribution in [1.29, 1.82) is 0 Å². The number of carboxylic acids is 1. The van der Waals surface area contributed by atoms with E-state index in [4.69, 9.17) is 9.90 Å². The summed E-state index contributed by atoms with van der Waals surface area (Å²) in [6.07, 6.45) is -0.520. The fraction of sp³-hybridized carbons (Fsp3) is 0.704. The van der Waals surface area contributed by atoms with Crippen molar-refractivity contribution in [1.82, 2.24) is 4.90 Å². The fourth-order valence-electron chi connectivity index (χ4n) is 6.11. The van der Waals surface area contributed by atoms with E-state index in [9.17, 15) is 18.0 Å². The molecule has 196 valence electrons. The van der Waals surface area contributed by atoms with Crippen LogP contribution in [0, 0.1) is 23.7 Å². The maximum Gasteiger partial charge on any atom is 0.490 e. The Morgan fingerprint density at radius 1 is 1.09 bits per heavy atom. The number of carbonyl (C=O) groups excluding carboxylic acids is 1. The van der Waals surface area contributed by atoms with Crippen LogP contribution in [0.5, 0.6) is 0 Å². The normalized spacial score (nSPS) is 25.8. The Balaban J connectivity index is 0.000000429. The molecule has 0 bridgehead atoms. The Morgan fingerprint density at radius 2 is 1.69 bits per heavy atom. The van der Waals surface area contributed by atoms with E-state index in [1.807, 2.05) is 0 Å². The maximum absolute atomic E-state index is 12.9. The highest BCUT2D eigenvalue weighted by atomic mass is 19.4. The largest absolute Gasteiger partial charge is 0.490 e. The molecule has 3 fully saturated rings. The number of anilines is 1. The van der Waals surface area contributed by atoms with Gasteiger partial charge in [-0.2, -0.15) is 13.2 Å². The van der Waals surface area contributed by atoms with Crippen LogP contribution in [0.25, 0.3) is 0 Å². The first-order valence-corrected chi connectivity index (χ1v) is 12.5. The lowest BCUT2D eigenvalue weighted by Gasteiger charge is -2.28. The Kier molecular flexibility index (Phi) is 7.66. The molecule has 0 aromatic heterocycles. The molecule has 1 saturated carbocycles. The molecule has 35 heavy (non-hydrogen) atoms. The van der Waals surface area contributed by atoms with Crippen LogP contribution in [0.2, 0.25) is 0 Å². The Morgan fingerprint density at radius 3 is 2.14 bits per heavy atom. The maximum atomic E-state index is 12.9. The summed E-state index contributed by atoms with van der Waals surface area (Å²) in [6, 6.07) is 8.21. The van der Waals surface area contributed by atoms with Gasteiger partial charge in [-0.25, -0.2) is 4.79 Å². The van der Waals surface area contributed by atoms with Crippen LogP contribution in [-0.4, -0.2) is 59.7 Å². The number of carboxylic acid groups (broad SMARTS) is 1. The fourth-order valence-corrected chi connectivity index (χ4v) is 6.11. The topological polar surface area (TPSA) is 60.9 Å². The van der Waals surface area contributed by atoms with Gasteiger partial charge in [0.05, 0.1) is 0 Å². The number of alkyl halides is 3. The monoisotopic (exact) mass is 496 g/mol. The summed E-state index contributed by atoms with van der Waals surface area (Å²) in [6.45, 7) is 17.1. The lowest BCUT2D eigenvalue weighted by molar-refractivity contribution is -0.192. The van der Waals surface area contributed by atoms with Crippen LogP contribution in [0.15, 0.2) is 18.2 Å². The zero-order valence-electron chi connectivity index (χ0n) is 21.7. The van der Waals surface area contributed by atoms with Crippen LogP contribution < -0.4 is 4.90 Å². The third kappa shape index (κ3) is 5.68. The van der Waals surface area contributed by atoms with E-state index in [1.165, 1.54) is 42.6 Å². The number of hydrogen-bond donors (Lipinski definition) is 1. The lowest BCUT2D eigenvalue weighted by Crippen LogP contribution is -2.39. The molecule has 0 amide bonds. The van der Waals surface area contributed by atoms with Crippen LogP contribution in [0.3, 0.4) is 0 Å². The molecule has 1 aromatic carbocycles. The molecular formula is C27H39F3N2O3. The molecule has 0 unspecified atom stereocenters. The van der Waals surface area contributed by atoms with Gasteiger partial charge in [-0.1, -0.05) is 33.8 Å². The second-order valence-electron chi connectivity index (χ2n) is 11.6. The van der Waals surface area contributed by atoms with E-state index < -0.39 is 12.1 Å². The van der Waals surface area contributed by atoms with E-state index in [1.54, 1.807) is 0 Å². The number of ketones is 1. The highest BCUT2D eigenvalue weighted by molar-refractivity contribution is 5.88. The zero-order chi connectivity index (χ0) is 26.3. The van der Waals surface area contributed by atoms with Gasteiger partial charge in [-0.05, 0) is 73.7 Å². The van der Waals surface area contributed by atoms with Gasteiger partial charge in [0.1, 0.15) is 5.78 Å². The van der Waals surface area contributed by atoms with Gasteiger partial charge >= 0.3 is 12.1 Å². The molecule has 1 aromatic rings. The molecule has 0 spiro atoms. The number of aliphatic carboxylic acids is 1. The van der Waals surface area contributed by atoms with Gasteiger partial charge in [-0.3, -0.25) is 9.69 Å². The van der Waals surface area contributed by atoms with Gasteiger partial charge in [-0.15, -0.1) is 0 Å². The first-order valence-electron chi connectivity index (χ1n) is 12.5. The number of likely N-dealkylation sites (tertiary alicyclic amines) is 1. The Bertz CT molecular complexity index is 943. The van der Waals surface area contributed by atoms with E-state index in [-0.39, 0.29) is 16.7 Å². The zero-order valence-corrected chi connectivity index (χ0v) is 21.7. The van der Waals surface area contributed by atoms with Gasteiger partial charge in [0.25, 0.3) is 0 Å². The SMILES string of the molecule is Cc1cc(N2CC[C@H](N3CCC[C@@H]3C)C2)ccc1CC(=O)C1C(C)(C)C1(C)C.O=C(O)C(F)(F)F. The van der Waals surface area contributed by atoms with Crippen molar-refractivity contribution in [2.45, 2.75) is 85.5 Å². The summed E-state index contributed by atoms with van der Waals surface area (Å²) in [7, 11) is 0. The highest BCUT2D eigenvalue weighted by Gasteiger charge is 2.67. The first-order chi connectivity index (χ1) is 16.1. The summed E-state index contributed by atoms with van der Waals surface area (Å²) in [4.78, 5) is 27.1. The summed E-state index contributed by atoms with van der Waals surface area (Å²) in [5, 5.41) is 7.12. The van der Waals surface area contributed by atoms with E-state index in [2.05, 4.69) is 69.5 Å². The van der Waals surface area contributed by atoms with E-state index >= 15 is 0 Å². The number of rotatable bonds is 5. The summed E-state index contributed by atoms with van der Waals surface area (Å²) in [5.74, 6) is -2.15. The second kappa shape index (κ2) is 9.75. The van der Waals surface area contributed by atoms with Crippen molar-refractivity contribution in [3.63, 3.8) is 0 Å². The van der Waals surface area contributed by atoms with E-state index in [0.717, 1.165) is 19.1 Å². The van der Waals surface area contributed by atoms with Crippen LogP contribution >= 0.6 is 0 Å². The minimum atomic E-state index is -5.08. The molecule has 4 rings (SSSR count). The molecule has 1 aliphatic carbocycles. The van der Waals surface area contributed by atoms with Gasteiger partial charge in [0.2, 0.25) is 0 Å². The van der Waals surface area contributed by atoms with Crippen LogP contribution in [0.4, 0.5) is 18.9 Å². The number of Topliss-reactive ketones (excluding diaryl/α,β-unsaturated/α-hetero) is 1. The number of carbonyl (C=O) groups is 2. The molecule has 1 N–H and O–H groups in total. The Hall–Kier alpha value is -2.09. The quantitative estimate of drug-likeness (QED) is 0.585. The lowest BCUT2D eigenvalue weighted by atomic mass is 9.97.